The Morgan fingerprint density at radius 2 is 1.77 bits per heavy atom. The quantitative estimate of drug-likeness (QED) is 0.808. The molecule has 0 aliphatic carbocycles. The van der Waals surface area contributed by atoms with Gasteiger partial charge < -0.3 is 4.42 Å². The van der Waals surface area contributed by atoms with Crippen LogP contribution in [0.2, 0.25) is 0 Å². The normalized spacial score (nSPS) is 13.5. The van der Waals surface area contributed by atoms with Crippen LogP contribution < -0.4 is 0 Å². The molecule has 0 spiro atoms. The summed E-state index contributed by atoms with van der Waals surface area (Å²) in [5.74, 6) is 1.02. The molecule has 1 atom stereocenters. The second-order valence-electron chi connectivity index (χ2n) is 5.16. The van der Waals surface area contributed by atoms with Crippen LogP contribution in [0.15, 0.2) is 45.9 Å². The molecule has 22 heavy (non-hydrogen) atoms. The smallest absolute Gasteiger partial charge is 0.275 e. The molecule has 2 rings (SSSR count). The lowest BCUT2D eigenvalue weighted by molar-refractivity contribution is 0.407. The number of aryl methyl sites for hydroxylation is 1. The molecule has 1 aromatic heterocycles. The van der Waals surface area contributed by atoms with Crippen LogP contribution in [0.1, 0.15) is 16.9 Å². The summed E-state index contributed by atoms with van der Waals surface area (Å²) in [5.41, 5.74) is 2.11. The number of hydrogen-bond donors (Lipinski definition) is 0. The number of furan rings is 1. The maximum Gasteiger partial charge on any atom is 0.275 e. The molecule has 0 amide bonds. The number of benzene rings is 1. The highest BCUT2D eigenvalue weighted by Crippen LogP contribution is 2.19. The maximum atomic E-state index is 12.2. The molecule has 1 heterocycles. The van der Waals surface area contributed by atoms with Crippen molar-refractivity contribution in [3.8, 4) is 0 Å². The summed E-state index contributed by atoms with van der Waals surface area (Å²) in [6, 6.07) is 10.7. The van der Waals surface area contributed by atoms with Crippen molar-refractivity contribution in [1.29, 1.82) is 0 Å². The largest absolute Gasteiger partial charge is 0.447 e. The van der Waals surface area contributed by atoms with Gasteiger partial charge in [0.2, 0.25) is 5.09 Å². The molecule has 0 fully saturated rings. The summed E-state index contributed by atoms with van der Waals surface area (Å²) in [4.78, 5) is 0. The van der Waals surface area contributed by atoms with E-state index in [4.69, 9.17) is 4.42 Å². The Labute approximate surface area is 133 Å². The van der Waals surface area contributed by atoms with E-state index in [2.05, 4.69) is 0 Å². The molecule has 0 radical (unpaired) electrons. The monoisotopic (exact) mass is 341 g/mol. The fourth-order valence-corrected chi connectivity index (χ4v) is 3.97. The molecule has 1 aromatic carbocycles. The molecule has 0 saturated carbocycles. The molecule has 0 saturated heterocycles. The molecule has 7 heteroatoms. The third kappa shape index (κ3) is 3.85. The molecular weight excluding hydrogens is 322 g/mol. The molecule has 120 valence electrons. The maximum absolute atomic E-state index is 12.2. The van der Waals surface area contributed by atoms with Crippen LogP contribution in [0.25, 0.3) is 0 Å². The van der Waals surface area contributed by atoms with E-state index in [1.807, 2.05) is 31.2 Å². The van der Waals surface area contributed by atoms with Gasteiger partial charge in [0.05, 0.1) is 5.75 Å². The average Bonchev–Trinajstić information content (AvgIpc) is 2.90. The lowest BCUT2D eigenvalue weighted by atomic mass is 10.1. The minimum atomic E-state index is -3.59. The molecule has 0 aliphatic rings. The molecule has 5 nitrogen and oxygen atoms in total. The van der Waals surface area contributed by atoms with E-state index >= 15 is 0 Å². The average molecular weight is 341 g/mol. The Balaban J connectivity index is 2.08. The third-order valence-electron chi connectivity index (χ3n) is 3.25. The fraction of sp³-hybridized carbons (Fsp3) is 0.333. The lowest BCUT2D eigenvalue weighted by Crippen LogP contribution is -2.21. The van der Waals surface area contributed by atoms with E-state index in [0.717, 1.165) is 15.4 Å². The van der Waals surface area contributed by atoms with Crippen molar-refractivity contribution < 1.29 is 17.0 Å². The third-order valence-corrected chi connectivity index (χ3v) is 6.18. The van der Waals surface area contributed by atoms with Gasteiger partial charge in [-0.1, -0.05) is 24.3 Å². The van der Waals surface area contributed by atoms with Gasteiger partial charge in [-0.2, -0.15) is 0 Å². The molecule has 0 bridgehead atoms. The van der Waals surface area contributed by atoms with E-state index in [1.165, 1.54) is 20.2 Å². The number of sulfonamides is 1. The fourth-order valence-electron chi connectivity index (χ4n) is 1.91. The topological polar surface area (TPSA) is 67.6 Å². The van der Waals surface area contributed by atoms with Crippen molar-refractivity contribution in [2.24, 2.45) is 0 Å². The second kappa shape index (κ2) is 6.76. The van der Waals surface area contributed by atoms with Gasteiger partial charge in [0.1, 0.15) is 5.76 Å². The first-order valence-corrected chi connectivity index (χ1v) is 9.64. The second-order valence-corrected chi connectivity index (χ2v) is 8.70. The van der Waals surface area contributed by atoms with E-state index in [-0.39, 0.29) is 10.8 Å². The Bertz CT molecular complexity index is 778. The van der Waals surface area contributed by atoms with Gasteiger partial charge in [-0.3, -0.25) is 4.21 Å². The van der Waals surface area contributed by atoms with Gasteiger partial charge in [0.15, 0.2) is 0 Å². The zero-order valence-electron chi connectivity index (χ0n) is 12.8. The van der Waals surface area contributed by atoms with Crippen LogP contribution in [0.3, 0.4) is 0 Å². The summed E-state index contributed by atoms with van der Waals surface area (Å²) >= 11 is 0. The first-order chi connectivity index (χ1) is 10.3. The summed E-state index contributed by atoms with van der Waals surface area (Å²) < 4.78 is 42.5. The van der Waals surface area contributed by atoms with Crippen molar-refractivity contribution in [1.82, 2.24) is 4.31 Å². The van der Waals surface area contributed by atoms with Crippen molar-refractivity contribution >= 4 is 20.8 Å². The first-order valence-electron chi connectivity index (χ1n) is 6.71. The molecule has 0 unspecified atom stereocenters. The summed E-state index contributed by atoms with van der Waals surface area (Å²) in [7, 11) is -1.87. The predicted octanol–water partition coefficient (Wildman–Crippen LogP) is 2.29. The molecular formula is C15H19NO4S2. The minimum Gasteiger partial charge on any atom is -0.447 e. The van der Waals surface area contributed by atoms with Crippen LogP contribution in [-0.2, 0) is 32.3 Å². The highest BCUT2D eigenvalue weighted by Gasteiger charge is 2.22. The van der Waals surface area contributed by atoms with Gasteiger partial charge in [-0.25, -0.2) is 12.7 Å². The van der Waals surface area contributed by atoms with Gasteiger partial charge in [0, 0.05) is 30.6 Å². The molecule has 2 aromatic rings. The summed E-state index contributed by atoms with van der Waals surface area (Å²) in [5, 5.41) is -0.125. The van der Waals surface area contributed by atoms with Crippen LogP contribution in [-0.4, -0.2) is 31.0 Å². The minimum absolute atomic E-state index is 0.125. The van der Waals surface area contributed by atoms with E-state index in [1.54, 1.807) is 6.07 Å². The van der Waals surface area contributed by atoms with Crippen LogP contribution in [0.4, 0.5) is 0 Å². The van der Waals surface area contributed by atoms with Gasteiger partial charge >= 0.3 is 0 Å². The van der Waals surface area contributed by atoms with Crippen molar-refractivity contribution in [2.45, 2.75) is 23.5 Å². The van der Waals surface area contributed by atoms with Crippen molar-refractivity contribution in [3.05, 3.63) is 53.3 Å². The van der Waals surface area contributed by atoms with Gasteiger partial charge in [0.25, 0.3) is 10.0 Å². The summed E-state index contributed by atoms with van der Waals surface area (Å²) in [6.07, 6.45) is 0. The van der Waals surface area contributed by atoms with E-state index in [0.29, 0.717) is 11.5 Å². The first kappa shape index (κ1) is 16.9. The van der Waals surface area contributed by atoms with Crippen molar-refractivity contribution in [3.63, 3.8) is 0 Å². The van der Waals surface area contributed by atoms with Gasteiger partial charge in [-0.05, 0) is 30.2 Å². The van der Waals surface area contributed by atoms with Crippen molar-refractivity contribution in [2.75, 3.05) is 14.1 Å². The SMILES string of the molecule is Cc1ccccc1C[S@@](=O)Cc1ccc(S(=O)(=O)N(C)C)o1. The Morgan fingerprint density at radius 1 is 1.09 bits per heavy atom. The highest BCUT2D eigenvalue weighted by molar-refractivity contribution is 7.89. The van der Waals surface area contributed by atoms with E-state index < -0.39 is 20.8 Å². The summed E-state index contributed by atoms with van der Waals surface area (Å²) in [6.45, 7) is 1.97. The Morgan fingerprint density at radius 3 is 2.41 bits per heavy atom. The number of hydrogen-bond acceptors (Lipinski definition) is 4. The van der Waals surface area contributed by atoms with Gasteiger partial charge in [-0.15, -0.1) is 0 Å². The van der Waals surface area contributed by atoms with Crippen LogP contribution in [0, 0.1) is 6.92 Å². The van der Waals surface area contributed by atoms with E-state index in [9.17, 15) is 12.6 Å². The molecule has 0 aliphatic heterocycles. The highest BCUT2D eigenvalue weighted by atomic mass is 32.2. The zero-order chi connectivity index (χ0) is 16.3. The van der Waals surface area contributed by atoms with Crippen LogP contribution >= 0.6 is 0 Å². The number of rotatable bonds is 6. The Hall–Kier alpha value is -1.44. The predicted molar refractivity (Wildman–Crippen MR) is 86.3 cm³/mol. The Kier molecular flexibility index (Phi) is 5.20. The number of nitrogens with zero attached hydrogens (tertiary/aromatic N) is 1. The standard InChI is InChI=1S/C15H19NO4S2/c1-12-6-4-5-7-13(12)10-21(17)11-14-8-9-15(20-14)22(18,19)16(2)3/h4-9H,10-11H2,1-3H3/t21-/m1/s1. The zero-order valence-corrected chi connectivity index (χ0v) is 14.4. The van der Waals surface area contributed by atoms with Crippen LogP contribution in [0.5, 0.6) is 0 Å². The molecule has 0 N–H and O–H groups in total. The lowest BCUT2D eigenvalue weighted by Gasteiger charge is -2.08.